The number of anilines is 1. The maximum atomic E-state index is 13.6. The molecule has 2 aromatic rings. The monoisotopic (exact) mass is 322 g/mol. The molecule has 23 heavy (non-hydrogen) atoms. The van der Waals surface area contributed by atoms with Gasteiger partial charge < -0.3 is 24.9 Å². The number of methoxy groups -OCH3 is 1. The zero-order chi connectivity index (χ0) is 17.0. The molecular weight excluding hydrogens is 303 g/mol. The minimum absolute atomic E-state index is 0.0651. The molecule has 2 amide bonds. The van der Waals surface area contributed by atoms with Crippen LogP contribution in [0.1, 0.15) is 18.4 Å². The van der Waals surface area contributed by atoms with Gasteiger partial charge in [-0.2, -0.15) is 0 Å². The zero-order valence-corrected chi connectivity index (χ0v) is 13.1. The highest BCUT2D eigenvalue weighted by Gasteiger charge is 2.27. The van der Waals surface area contributed by atoms with Gasteiger partial charge in [-0.25, -0.2) is 9.18 Å². The average Bonchev–Trinajstić information content (AvgIpc) is 2.93. The van der Waals surface area contributed by atoms with Crippen molar-refractivity contribution < 1.29 is 23.4 Å². The van der Waals surface area contributed by atoms with Crippen molar-refractivity contribution in [3.63, 3.8) is 0 Å². The minimum Gasteiger partial charge on any atom is -0.494 e. The summed E-state index contributed by atoms with van der Waals surface area (Å²) in [4.78, 5) is 11.8. The molecule has 1 atom stereocenters. The van der Waals surface area contributed by atoms with Crippen LogP contribution < -0.4 is 15.4 Å². The Balaban J connectivity index is 1.93. The number of carbonyl (C=O) groups is 1. The predicted octanol–water partition coefficient (Wildman–Crippen LogP) is 2.76. The summed E-state index contributed by atoms with van der Waals surface area (Å²) in [6.45, 7) is 3.22. The van der Waals surface area contributed by atoms with Crippen LogP contribution in [-0.2, 0) is 5.60 Å². The maximum absolute atomic E-state index is 13.6. The summed E-state index contributed by atoms with van der Waals surface area (Å²) >= 11 is 0. The first-order valence-electron chi connectivity index (χ1n) is 6.99. The topological polar surface area (TPSA) is 83.7 Å². The smallest absolute Gasteiger partial charge is 0.319 e. The van der Waals surface area contributed by atoms with E-state index < -0.39 is 17.4 Å². The van der Waals surface area contributed by atoms with Crippen LogP contribution in [0.2, 0.25) is 0 Å². The van der Waals surface area contributed by atoms with Crippen molar-refractivity contribution in [2.75, 3.05) is 19.0 Å². The number of hydrogen-bond acceptors (Lipinski definition) is 4. The fourth-order valence-corrected chi connectivity index (χ4v) is 1.98. The molecule has 1 aromatic heterocycles. The number of nitrogens with one attached hydrogen (secondary N) is 2. The Kier molecular flexibility index (Phi) is 4.90. The number of aryl methyl sites for hydroxylation is 1. The average molecular weight is 322 g/mol. The highest BCUT2D eigenvalue weighted by molar-refractivity contribution is 5.89. The van der Waals surface area contributed by atoms with E-state index in [0.717, 1.165) is 6.07 Å². The summed E-state index contributed by atoms with van der Waals surface area (Å²) in [6.07, 6.45) is 0. The standard InChI is InChI=1S/C16H19FN2O4/c1-10-4-7-14(23-10)16(2,21)9-18-15(20)19-11-5-6-13(22-3)12(17)8-11/h4-8,21H,9H2,1-3H3,(H2,18,19,20). The molecule has 0 radical (unpaired) electrons. The molecule has 0 aliphatic carbocycles. The molecule has 0 spiro atoms. The predicted molar refractivity (Wildman–Crippen MR) is 83.0 cm³/mol. The minimum atomic E-state index is -1.35. The Labute approximate surface area is 133 Å². The molecule has 1 unspecified atom stereocenters. The van der Waals surface area contributed by atoms with E-state index >= 15 is 0 Å². The Morgan fingerprint density at radius 1 is 1.39 bits per heavy atom. The van der Waals surface area contributed by atoms with Crippen molar-refractivity contribution in [2.24, 2.45) is 0 Å². The van der Waals surface area contributed by atoms with Crippen LogP contribution in [-0.4, -0.2) is 24.8 Å². The summed E-state index contributed by atoms with van der Waals surface area (Å²) in [7, 11) is 1.36. The van der Waals surface area contributed by atoms with Gasteiger partial charge in [0, 0.05) is 11.8 Å². The first-order valence-corrected chi connectivity index (χ1v) is 6.99. The van der Waals surface area contributed by atoms with E-state index in [4.69, 9.17) is 9.15 Å². The number of urea groups is 1. The Bertz CT molecular complexity index is 697. The summed E-state index contributed by atoms with van der Waals surface area (Å²) in [5, 5.41) is 15.3. The third-order valence-electron chi connectivity index (χ3n) is 3.27. The van der Waals surface area contributed by atoms with Gasteiger partial charge in [-0.15, -0.1) is 0 Å². The molecule has 3 N–H and O–H groups in total. The number of benzene rings is 1. The largest absolute Gasteiger partial charge is 0.494 e. The highest BCUT2D eigenvalue weighted by Crippen LogP contribution is 2.22. The normalized spacial score (nSPS) is 13.3. The first-order chi connectivity index (χ1) is 10.8. The third-order valence-corrected chi connectivity index (χ3v) is 3.27. The zero-order valence-electron chi connectivity index (χ0n) is 13.1. The molecule has 0 saturated heterocycles. The van der Waals surface area contributed by atoms with Gasteiger partial charge >= 0.3 is 6.03 Å². The van der Waals surface area contributed by atoms with Crippen LogP contribution in [0.15, 0.2) is 34.7 Å². The molecule has 0 bridgehead atoms. The number of hydrogen-bond donors (Lipinski definition) is 3. The first kappa shape index (κ1) is 16.8. The molecule has 0 saturated carbocycles. The number of halogens is 1. The van der Waals surface area contributed by atoms with E-state index in [1.54, 1.807) is 19.1 Å². The van der Waals surface area contributed by atoms with Crippen LogP contribution in [0.4, 0.5) is 14.9 Å². The van der Waals surface area contributed by atoms with Gasteiger partial charge in [0.1, 0.15) is 17.1 Å². The number of amides is 2. The molecule has 1 aromatic carbocycles. The van der Waals surface area contributed by atoms with Crippen molar-refractivity contribution >= 4 is 11.7 Å². The highest BCUT2D eigenvalue weighted by atomic mass is 19.1. The number of carbonyl (C=O) groups excluding carboxylic acids is 1. The van der Waals surface area contributed by atoms with Gasteiger partial charge in [-0.1, -0.05) is 0 Å². The fraction of sp³-hybridized carbons (Fsp3) is 0.312. The van der Waals surface area contributed by atoms with E-state index in [2.05, 4.69) is 10.6 Å². The molecule has 0 fully saturated rings. The van der Waals surface area contributed by atoms with E-state index in [0.29, 0.717) is 11.5 Å². The lowest BCUT2D eigenvalue weighted by molar-refractivity contribution is 0.0364. The lowest BCUT2D eigenvalue weighted by Gasteiger charge is -2.21. The summed E-state index contributed by atoms with van der Waals surface area (Å²) in [5.41, 5.74) is -1.08. The second-order valence-corrected chi connectivity index (χ2v) is 5.34. The molecule has 124 valence electrons. The Morgan fingerprint density at radius 2 is 2.13 bits per heavy atom. The Morgan fingerprint density at radius 3 is 2.70 bits per heavy atom. The van der Waals surface area contributed by atoms with Gasteiger partial charge in [0.05, 0.1) is 13.7 Å². The SMILES string of the molecule is COc1ccc(NC(=O)NCC(C)(O)c2ccc(C)o2)cc1F. The lowest BCUT2D eigenvalue weighted by atomic mass is 10.0. The number of ether oxygens (including phenoxy) is 1. The van der Waals surface area contributed by atoms with Crippen molar-refractivity contribution in [1.82, 2.24) is 5.32 Å². The van der Waals surface area contributed by atoms with Gasteiger partial charge in [0.25, 0.3) is 0 Å². The van der Waals surface area contributed by atoms with E-state index in [1.165, 1.54) is 26.2 Å². The molecule has 6 nitrogen and oxygen atoms in total. The number of furan rings is 1. The van der Waals surface area contributed by atoms with E-state index in [1.807, 2.05) is 0 Å². The quantitative estimate of drug-likeness (QED) is 0.790. The van der Waals surface area contributed by atoms with E-state index in [-0.39, 0.29) is 18.0 Å². The molecule has 1 heterocycles. The van der Waals surface area contributed by atoms with Gasteiger partial charge in [-0.05, 0) is 38.1 Å². The molecule has 7 heteroatoms. The lowest BCUT2D eigenvalue weighted by Crippen LogP contribution is -2.40. The van der Waals surface area contributed by atoms with Crippen LogP contribution in [0, 0.1) is 12.7 Å². The Hall–Kier alpha value is -2.54. The summed E-state index contributed by atoms with van der Waals surface area (Å²) < 4.78 is 23.7. The van der Waals surface area contributed by atoms with E-state index in [9.17, 15) is 14.3 Å². The van der Waals surface area contributed by atoms with Crippen LogP contribution >= 0.6 is 0 Å². The third kappa shape index (κ3) is 4.23. The summed E-state index contributed by atoms with van der Waals surface area (Å²) in [6, 6.07) is 6.87. The van der Waals surface area contributed by atoms with Crippen LogP contribution in [0.25, 0.3) is 0 Å². The van der Waals surface area contributed by atoms with Crippen molar-refractivity contribution in [3.05, 3.63) is 47.7 Å². The van der Waals surface area contributed by atoms with Gasteiger partial charge in [0.15, 0.2) is 11.6 Å². The second-order valence-electron chi connectivity index (χ2n) is 5.34. The maximum Gasteiger partial charge on any atom is 0.319 e. The molecule has 0 aliphatic heterocycles. The number of rotatable bonds is 5. The fourth-order valence-electron chi connectivity index (χ4n) is 1.98. The second kappa shape index (κ2) is 6.70. The van der Waals surface area contributed by atoms with Crippen LogP contribution in [0.3, 0.4) is 0 Å². The summed E-state index contributed by atoms with van der Waals surface area (Å²) in [5.74, 6) is 0.527. The van der Waals surface area contributed by atoms with Gasteiger partial charge in [-0.3, -0.25) is 0 Å². The van der Waals surface area contributed by atoms with Gasteiger partial charge in [0.2, 0.25) is 0 Å². The molecule has 0 aliphatic rings. The van der Waals surface area contributed by atoms with Crippen molar-refractivity contribution in [1.29, 1.82) is 0 Å². The van der Waals surface area contributed by atoms with Crippen molar-refractivity contribution in [3.8, 4) is 5.75 Å². The van der Waals surface area contributed by atoms with Crippen molar-refractivity contribution in [2.45, 2.75) is 19.4 Å². The number of aliphatic hydroxyl groups is 1. The van der Waals surface area contributed by atoms with Crippen LogP contribution in [0.5, 0.6) is 5.75 Å². The molecular formula is C16H19FN2O4. The molecule has 2 rings (SSSR count).